The number of rotatable bonds is 7. The van der Waals surface area contributed by atoms with Gasteiger partial charge in [0.2, 0.25) is 0 Å². The van der Waals surface area contributed by atoms with Crippen molar-refractivity contribution < 1.29 is 7.91 Å². The molecule has 3 aliphatic carbocycles. The number of nitrogens with zero attached hydrogens (tertiary/aromatic N) is 3. The van der Waals surface area contributed by atoms with Gasteiger partial charge in [-0.05, 0) is 0 Å². The standard InChI is InChI=1S/3C6H11.C5H7N3O2.Sn/c3*1-2-4-6-5-3-1;1-10-8-3-2-5(7-8)6-4-9;/h3*1H,2-6H2;2-4H,1H3,(H,6,7,9);/q;;;;+1/p-1. The Bertz CT molecular complexity index is 599. The van der Waals surface area contributed by atoms with Gasteiger partial charge >= 0.3 is 181 Å². The molecule has 0 radical (unpaired) electrons. The Morgan fingerprint density at radius 1 is 0.862 bits per heavy atom. The van der Waals surface area contributed by atoms with E-state index in [1.54, 1.807) is 13.3 Å². The van der Waals surface area contributed by atoms with E-state index < -0.39 is 18.8 Å². The zero-order valence-electron chi connectivity index (χ0n) is 18.2. The molecule has 3 fully saturated rings. The third kappa shape index (κ3) is 4.96. The monoisotopic (exact) mass is 509 g/mol. The molecule has 1 aromatic heterocycles. The van der Waals surface area contributed by atoms with Crippen LogP contribution in [0.4, 0.5) is 5.82 Å². The van der Waals surface area contributed by atoms with Crippen molar-refractivity contribution in [2.24, 2.45) is 4.99 Å². The molecule has 0 spiro atoms. The molecule has 0 unspecified atom stereocenters. The Morgan fingerprint density at radius 2 is 1.34 bits per heavy atom. The van der Waals surface area contributed by atoms with Gasteiger partial charge in [0, 0.05) is 0 Å². The Labute approximate surface area is 181 Å². The fraction of sp³-hybridized carbons (Fsp3) is 0.826. The van der Waals surface area contributed by atoms with Crippen molar-refractivity contribution in [3.05, 3.63) is 12.3 Å². The van der Waals surface area contributed by atoms with Crippen LogP contribution >= 0.6 is 0 Å². The Hall–Kier alpha value is -0.721. The number of hydrogen-bond donors (Lipinski definition) is 0. The molecule has 162 valence electrons. The van der Waals surface area contributed by atoms with Gasteiger partial charge in [-0.15, -0.1) is 0 Å². The topological polar surface area (TPSA) is 48.6 Å². The zero-order chi connectivity index (χ0) is 19.9. The molecule has 0 aromatic carbocycles. The molecule has 3 saturated carbocycles. The summed E-state index contributed by atoms with van der Waals surface area (Å²) in [6, 6.07) is 1.89. The maximum absolute atomic E-state index is 7.12. The van der Waals surface area contributed by atoms with E-state index in [1.165, 1.54) is 101 Å². The predicted molar refractivity (Wildman–Crippen MR) is 120 cm³/mol. The van der Waals surface area contributed by atoms with Gasteiger partial charge in [-0.3, -0.25) is 0 Å². The summed E-state index contributed by atoms with van der Waals surface area (Å²) in [6.07, 6.45) is 25.0. The van der Waals surface area contributed by atoms with E-state index in [9.17, 15) is 0 Å². The van der Waals surface area contributed by atoms with Crippen molar-refractivity contribution in [3.63, 3.8) is 0 Å². The normalized spacial score (nSPS) is 23.5. The van der Waals surface area contributed by atoms with Gasteiger partial charge in [0.1, 0.15) is 0 Å². The van der Waals surface area contributed by atoms with Gasteiger partial charge in [-0.2, -0.15) is 0 Å². The molecule has 0 amide bonds. The van der Waals surface area contributed by atoms with Crippen LogP contribution in [0.15, 0.2) is 17.3 Å². The zero-order valence-corrected chi connectivity index (χ0v) is 21.1. The van der Waals surface area contributed by atoms with Gasteiger partial charge < -0.3 is 0 Å². The van der Waals surface area contributed by atoms with E-state index in [-0.39, 0.29) is 0 Å². The molecule has 0 N–H and O–H groups in total. The molecule has 5 nitrogen and oxygen atoms in total. The first-order chi connectivity index (χ1) is 14.3. The Balaban J connectivity index is 1.62. The predicted octanol–water partition coefficient (Wildman–Crippen LogP) is 6.57. The molecule has 1 aromatic rings. The first-order valence-corrected chi connectivity index (χ1v) is 18.2. The van der Waals surface area contributed by atoms with Crippen LogP contribution in [0.1, 0.15) is 96.3 Å². The van der Waals surface area contributed by atoms with E-state index >= 15 is 0 Å². The average Bonchev–Trinajstić information content (AvgIpc) is 3.27. The number of hydrogen-bond acceptors (Lipinski definition) is 4. The van der Waals surface area contributed by atoms with E-state index in [4.69, 9.17) is 7.91 Å². The summed E-state index contributed by atoms with van der Waals surface area (Å²) < 4.78 is 9.81. The van der Waals surface area contributed by atoms with Crippen LogP contribution in [-0.2, 0) is 3.07 Å². The molecular formula is C23H39N3O2Sn. The summed E-state index contributed by atoms with van der Waals surface area (Å²) >= 11 is -2.96. The summed E-state index contributed by atoms with van der Waals surface area (Å²) in [4.78, 5) is 11.2. The number of aliphatic imine (C=N–C) groups is 1. The van der Waals surface area contributed by atoms with Gasteiger partial charge in [-0.25, -0.2) is 0 Å². The summed E-state index contributed by atoms with van der Waals surface area (Å²) in [5.41, 5.74) is 0. The quantitative estimate of drug-likeness (QED) is 0.238. The van der Waals surface area contributed by atoms with Crippen molar-refractivity contribution in [1.82, 2.24) is 9.94 Å². The maximum atomic E-state index is 7.12. The average molecular weight is 508 g/mol. The number of aromatic nitrogens is 2. The van der Waals surface area contributed by atoms with Crippen molar-refractivity contribution in [3.8, 4) is 0 Å². The molecule has 29 heavy (non-hydrogen) atoms. The van der Waals surface area contributed by atoms with Gasteiger partial charge in [0.25, 0.3) is 0 Å². The molecule has 3 aliphatic rings. The van der Waals surface area contributed by atoms with Crippen molar-refractivity contribution in [2.45, 2.75) is 108 Å². The van der Waals surface area contributed by atoms with E-state index in [0.29, 0.717) is 5.82 Å². The van der Waals surface area contributed by atoms with Crippen LogP contribution in [-0.4, -0.2) is 42.2 Å². The second-order valence-corrected chi connectivity index (χ2v) is 22.0. The molecule has 0 saturated heterocycles. The fourth-order valence-corrected chi connectivity index (χ4v) is 25.8. The second-order valence-electron chi connectivity index (χ2n) is 9.47. The van der Waals surface area contributed by atoms with E-state index in [1.807, 2.05) is 12.5 Å². The van der Waals surface area contributed by atoms with Crippen LogP contribution in [0.2, 0.25) is 11.8 Å². The molecule has 0 aliphatic heterocycles. The fourth-order valence-electron chi connectivity index (χ4n) is 6.59. The van der Waals surface area contributed by atoms with Crippen molar-refractivity contribution >= 4 is 31.0 Å². The van der Waals surface area contributed by atoms with E-state index in [2.05, 4.69) is 10.1 Å². The van der Waals surface area contributed by atoms with Crippen LogP contribution in [0.3, 0.4) is 0 Å². The summed E-state index contributed by atoms with van der Waals surface area (Å²) in [5, 5.41) is 4.33. The molecule has 6 heteroatoms. The molecule has 4 rings (SSSR count). The van der Waals surface area contributed by atoms with Gasteiger partial charge in [-0.1, -0.05) is 0 Å². The first kappa shape index (κ1) is 21.5. The van der Waals surface area contributed by atoms with Gasteiger partial charge in [0.05, 0.1) is 0 Å². The first-order valence-electron chi connectivity index (χ1n) is 12.1. The molecule has 0 bridgehead atoms. The van der Waals surface area contributed by atoms with E-state index in [0.717, 1.165) is 11.8 Å². The van der Waals surface area contributed by atoms with Crippen LogP contribution in [0.5, 0.6) is 0 Å². The molecule has 1 heterocycles. The molecular weight excluding hydrogens is 469 g/mol. The summed E-state index contributed by atoms with van der Waals surface area (Å²) in [7, 11) is 1.62. The van der Waals surface area contributed by atoms with Crippen molar-refractivity contribution in [2.75, 3.05) is 7.11 Å². The second kappa shape index (κ2) is 10.5. The summed E-state index contributed by atoms with van der Waals surface area (Å²) in [5.74, 6) is 0.683. The summed E-state index contributed by atoms with van der Waals surface area (Å²) in [6.45, 7) is 0. The van der Waals surface area contributed by atoms with Crippen LogP contribution in [0.25, 0.3) is 0 Å². The van der Waals surface area contributed by atoms with Gasteiger partial charge in [0.15, 0.2) is 0 Å². The minimum atomic E-state index is -2.96. The third-order valence-corrected chi connectivity index (χ3v) is 25.2. The third-order valence-electron chi connectivity index (χ3n) is 7.91. The molecule has 0 atom stereocenters. The van der Waals surface area contributed by atoms with Crippen molar-refractivity contribution in [1.29, 1.82) is 0 Å². The van der Waals surface area contributed by atoms with Crippen LogP contribution in [0, 0.1) is 0 Å². The van der Waals surface area contributed by atoms with Crippen LogP contribution < -0.4 is 4.84 Å². The minimum absolute atomic E-state index is 0.683. The Morgan fingerprint density at radius 3 is 1.76 bits per heavy atom. The SMILES string of the molecule is COn1ccc(/N=C/[O][Sn]([CH]2CCCCC2)([CH]2CCCCC2)[CH]2CCCCC2)n1. The Kier molecular flexibility index (Phi) is 7.82.